The molecule has 0 aliphatic rings. The molecule has 3 N–H and O–H groups in total. The third kappa shape index (κ3) is 3.55. The van der Waals surface area contributed by atoms with E-state index in [4.69, 9.17) is 9.84 Å². The normalized spacial score (nSPS) is 10.5. The van der Waals surface area contributed by atoms with E-state index >= 15 is 0 Å². The minimum absolute atomic E-state index is 0.163. The van der Waals surface area contributed by atoms with Gasteiger partial charge in [0.1, 0.15) is 11.3 Å². The molecule has 0 atom stereocenters. The van der Waals surface area contributed by atoms with Gasteiger partial charge in [0.2, 0.25) is 0 Å². The van der Waals surface area contributed by atoms with Crippen LogP contribution in [-0.4, -0.2) is 27.9 Å². The molecule has 5 heteroatoms. The van der Waals surface area contributed by atoms with Crippen molar-refractivity contribution >= 4 is 5.97 Å². The van der Waals surface area contributed by atoms with Crippen molar-refractivity contribution in [2.75, 3.05) is 6.61 Å². The lowest BCUT2D eigenvalue weighted by atomic mass is 10.1. The molecule has 1 aromatic rings. The Bertz CT molecular complexity index is 412. The molecule has 0 radical (unpaired) electrons. The molecule has 0 saturated heterocycles. The molecule has 0 aliphatic carbocycles. The van der Waals surface area contributed by atoms with Crippen LogP contribution >= 0.6 is 0 Å². The van der Waals surface area contributed by atoms with E-state index in [1.807, 2.05) is 13.8 Å². The van der Waals surface area contributed by atoms with Crippen LogP contribution in [0.2, 0.25) is 0 Å². The Balaban J connectivity index is 2.72. The van der Waals surface area contributed by atoms with E-state index in [0.717, 1.165) is 18.6 Å². The highest BCUT2D eigenvalue weighted by Gasteiger charge is 2.16. The number of esters is 1. The summed E-state index contributed by atoms with van der Waals surface area (Å²) in [6.07, 6.45) is 0.719. The average molecular weight is 240 g/mol. The molecule has 0 heterocycles. The minimum Gasteiger partial charge on any atom is -0.507 e. The number of hydrogen-bond acceptors (Lipinski definition) is 5. The number of carbonyl (C=O) groups is 1. The predicted molar refractivity (Wildman–Crippen MR) is 61.2 cm³/mol. The Labute approximate surface area is 99.3 Å². The molecule has 0 fully saturated rings. The van der Waals surface area contributed by atoms with Crippen LogP contribution in [-0.2, 0) is 4.74 Å². The molecular formula is C12H16O5. The second-order valence-electron chi connectivity index (χ2n) is 4.18. The van der Waals surface area contributed by atoms with E-state index < -0.39 is 23.2 Å². The lowest BCUT2D eigenvalue weighted by Gasteiger charge is -2.08. The van der Waals surface area contributed by atoms with Crippen molar-refractivity contribution in [2.24, 2.45) is 5.92 Å². The molecule has 0 bridgehead atoms. The molecule has 0 unspecified atom stereocenters. The molecule has 17 heavy (non-hydrogen) atoms. The summed E-state index contributed by atoms with van der Waals surface area (Å²) in [5.41, 5.74) is -0.163. The van der Waals surface area contributed by atoms with Gasteiger partial charge in [-0.05, 0) is 12.3 Å². The molecule has 1 aromatic carbocycles. The summed E-state index contributed by atoms with van der Waals surface area (Å²) in [6.45, 7) is 4.24. The van der Waals surface area contributed by atoms with E-state index in [9.17, 15) is 15.0 Å². The smallest absolute Gasteiger partial charge is 0.342 e. The zero-order valence-corrected chi connectivity index (χ0v) is 9.80. The fraction of sp³-hybridized carbons (Fsp3) is 0.417. The van der Waals surface area contributed by atoms with Gasteiger partial charge < -0.3 is 20.1 Å². The third-order valence-corrected chi connectivity index (χ3v) is 2.24. The van der Waals surface area contributed by atoms with Crippen LogP contribution in [0.4, 0.5) is 0 Å². The van der Waals surface area contributed by atoms with Gasteiger partial charge in [-0.2, -0.15) is 0 Å². The molecule has 0 saturated carbocycles. The first-order valence-corrected chi connectivity index (χ1v) is 5.34. The maximum absolute atomic E-state index is 11.5. The summed E-state index contributed by atoms with van der Waals surface area (Å²) in [4.78, 5) is 11.5. The van der Waals surface area contributed by atoms with Crippen molar-refractivity contribution in [1.82, 2.24) is 0 Å². The van der Waals surface area contributed by atoms with Crippen LogP contribution in [0.5, 0.6) is 17.2 Å². The molecule has 0 aliphatic heterocycles. The quantitative estimate of drug-likeness (QED) is 0.425. The zero-order valence-electron chi connectivity index (χ0n) is 9.80. The van der Waals surface area contributed by atoms with Gasteiger partial charge in [0.15, 0.2) is 11.5 Å². The van der Waals surface area contributed by atoms with E-state index in [1.54, 1.807) is 0 Å². The second kappa shape index (κ2) is 5.43. The largest absolute Gasteiger partial charge is 0.507 e. The Morgan fingerprint density at radius 2 is 1.76 bits per heavy atom. The van der Waals surface area contributed by atoms with E-state index in [-0.39, 0.29) is 12.2 Å². The Kier molecular flexibility index (Phi) is 4.20. The van der Waals surface area contributed by atoms with Crippen LogP contribution in [0.25, 0.3) is 0 Å². The highest BCUT2D eigenvalue weighted by Crippen LogP contribution is 2.32. The Morgan fingerprint density at radius 3 is 2.35 bits per heavy atom. The second-order valence-corrected chi connectivity index (χ2v) is 4.18. The molecule has 1 rings (SSSR count). The summed E-state index contributed by atoms with van der Waals surface area (Å²) in [7, 11) is 0. The molecule has 5 nitrogen and oxygen atoms in total. The lowest BCUT2D eigenvalue weighted by molar-refractivity contribution is 0.0484. The first-order valence-electron chi connectivity index (χ1n) is 5.34. The van der Waals surface area contributed by atoms with Crippen LogP contribution in [0, 0.1) is 5.92 Å². The maximum atomic E-state index is 11.5. The highest BCUT2D eigenvalue weighted by atomic mass is 16.5. The molecule has 0 aromatic heterocycles. The summed E-state index contributed by atoms with van der Waals surface area (Å²) < 4.78 is 4.92. The standard InChI is InChI=1S/C12H16O5/c1-7(2)3-4-17-12(16)8-5-10(14)11(15)6-9(8)13/h5-7,13-15H,3-4H2,1-2H3. The van der Waals surface area contributed by atoms with Gasteiger partial charge >= 0.3 is 5.97 Å². The van der Waals surface area contributed by atoms with Crippen LogP contribution in [0.3, 0.4) is 0 Å². The van der Waals surface area contributed by atoms with E-state index in [1.165, 1.54) is 0 Å². The first-order chi connectivity index (χ1) is 7.91. The number of rotatable bonds is 4. The summed E-state index contributed by atoms with van der Waals surface area (Å²) in [5, 5.41) is 27.7. The predicted octanol–water partition coefficient (Wildman–Crippen LogP) is 2.01. The fourth-order valence-electron chi connectivity index (χ4n) is 1.19. The molecule has 0 spiro atoms. The zero-order chi connectivity index (χ0) is 13.0. The van der Waals surface area contributed by atoms with Gasteiger partial charge in [-0.3, -0.25) is 0 Å². The van der Waals surface area contributed by atoms with Gasteiger partial charge in [-0.1, -0.05) is 13.8 Å². The van der Waals surface area contributed by atoms with Crippen molar-refractivity contribution in [2.45, 2.75) is 20.3 Å². The lowest BCUT2D eigenvalue weighted by Crippen LogP contribution is -2.08. The fourth-order valence-corrected chi connectivity index (χ4v) is 1.19. The third-order valence-electron chi connectivity index (χ3n) is 2.24. The summed E-state index contributed by atoms with van der Waals surface area (Å²) in [6, 6.07) is 1.87. The molecule has 0 amide bonds. The summed E-state index contributed by atoms with van der Waals surface area (Å²) in [5.74, 6) is -1.70. The van der Waals surface area contributed by atoms with E-state index in [2.05, 4.69) is 0 Å². The first kappa shape index (κ1) is 13.2. The number of phenols is 3. The van der Waals surface area contributed by atoms with Gasteiger partial charge in [-0.15, -0.1) is 0 Å². The molecule has 94 valence electrons. The Hall–Kier alpha value is -1.91. The number of hydrogen-bond donors (Lipinski definition) is 3. The number of phenolic OH excluding ortho intramolecular Hbond substituents is 3. The van der Waals surface area contributed by atoms with Gasteiger partial charge in [0, 0.05) is 12.1 Å². The average Bonchev–Trinajstić information content (AvgIpc) is 2.22. The number of ether oxygens (including phenoxy) is 1. The van der Waals surface area contributed by atoms with E-state index in [0.29, 0.717) is 5.92 Å². The summed E-state index contributed by atoms with van der Waals surface area (Å²) >= 11 is 0. The Morgan fingerprint density at radius 1 is 1.18 bits per heavy atom. The minimum atomic E-state index is -0.724. The van der Waals surface area contributed by atoms with Crippen molar-refractivity contribution in [3.05, 3.63) is 17.7 Å². The van der Waals surface area contributed by atoms with Crippen LogP contribution in [0.15, 0.2) is 12.1 Å². The van der Waals surface area contributed by atoms with Gasteiger partial charge in [0.05, 0.1) is 6.61 Å². The topological polar surface area (TPSA) is 87.0 Å². The maximum Gasteiger partial charge on any atom is 0.342 e. The number of carbonyl (C=O) groups excluding carboxylic acids is 1. The monoisotopic (exact) mass is 240 g/mol. The van der Waals surface area contributed by atoms with Gasteiger partial charge in [0.25, 0.3) is 0 Å². The van der Waals surface area contributed by atoms with Gasteiger partial charge in [-0.25, -0.2) is 4.79 Å². The van der Waals surface area contributed by atoms with Crippen molar-refractivity contribution in [1.29, 1.82) is 0 Å². The SMILES string of the molecule is CC(C)CCOC(=O)c1cc(O)c(O)cc1O. The number of aromatic hydroxyl groups is 3. The van der Waals surface area contributed by atoms with Crippen LogP contribution < -0.4 is 0 Å². The van der Waals surface area contributed by atoms with Crippen molar-refractivity contribution in [3.63, 3.8) is 0 Å². The van der Waals surface area contributed by atoms with Crippen LogP contribution in [0.1, 0.15) is 30.6 Å². The number of benzene rings is 1. The molecular weight excluding hydrogens is 224 g/mol. The van der Waals surface area contributed by atoms with Crippen molar-refractivity contribution in [3.8, 4) is 17.2 Å². The highest BCUT2D eigenvalue weighted by molar-refractivity contribution is 5.93. The van der Waals surface area contributed by atoms with Crippen molar-refractivity contribution < 1.29 is 24.9 Å².